The highest BCUT2D eigenvalue weighted by atomic mass is 16.3. The third-order valence-electron chi connectivity index (χ3n) is 4.88. The summed E-state index contributed by atoms with van der Waals surface area (Å²) in [5, 5.41) is 18.5. The van der Waals surface area contributed by atoms with Gasteiger partial charge in [0.2, 0.25) is 11.8 Å². The highest BCUT2D eigenvalue weighted by molar-refractivity contribution is 5.94. The molecule has 1 rings (SSSR count). The molecule has 0 radical (unpaired) electrons. The minimum absolute atomic E-state index is 0.122. The van der Waals surface area contributed by atoms with E-state index in [2.05, 4.69) is 16.0 Å². The van der Waals surface area contributed by atoms with Gasteiger partial charge in [-0.15, -0.1) is 0 Å². The Morgan fingerprint density at radius 1 is 1.23 bits per heavy atom. The molecule has 2 unspecified atom stereocenters. The zero-order valence-corrected chi connectivity index (χ0v) is 16.3. The van der Waals surface area contributed by atoms with E-state index in [-0.39, 0.29) is 24.2 Å². The van der Waals surface area contributed by atoms with Gasteiger partial charge in [0, 0.05) is 12.5 Å². The largest absolute Gasteiger partial charge is 0.391 e. The van der Waals surface area contributed by atoms with Crippen LogP contribution in [0.4, 0.5) is 0 Å². The second kappa shape index (κ2) is 9.99. The highest BCUT2D eigenvalue weighted by Crippen LogP contribution is 2.25. The van der Waals surface area contributed by atoms with Crippen LogP contribution < -0.4 is 21.7 Å². The Morgan fingerprint density at radius 2 is 1.88 bits per heavy atom. The average molecular weight is 370 g/mol. The Balaban J connectivity index is 2.82. The number of carbonyl (C=O) groups excluding carboxylic acids is 3. The van der Waals surface area contributed by atoms with Crippen LogP contribution in [0.5, 0.6) is 0 Å². The van der Waals surface area contributed by atoms with Crippen molar-refractivity contribution in [2.45, 2.75) is 65.1 Å². The number of carbonyl (C=O) groups is 3. The van der Waals surface area contributed by atoms with Gasteiger partial charge in [0.1, 0.15) is 6.04 Å². The van der Waals surface area contributed by atoms with Crippen molar-refractivity contribution in [3.63, 3.8) is 0 Å². The first-order chi connectivity index (χ1) is 12.1. The molecule has 8 heteroatoms. The van der Waals surface area contributed by atoms with Gasteiger partial charge in [0.15, 0.2) is 5.78 Å². The fourth-order valence-electron chi connectivity index (χ4n) is 3.09. The van der Waals surface area contributed by atoms with Crippen LogP contribution in [-0.4, -0.2) is 60.5 Å². The van der Waals surface area contributed by atoms with Gasteiger partial charge >= 0.3 is 0 Å². The van der Waals surface area contributed by atoms with Gasteiger partial charge in [-0.1, -0.05) is 13.8 Å². The zero-order chi connectivity index (χ0) is 19.9. The van der Waals surface area contributed by atoms with E-state index >= 15 is 0 Å². The van der Waals surface area contributed by atoms with Crippen LogP contribution in [0.15, 0.2) is 0 Å². The third-order valence-corrected chi connectivity index (χ3v) is 4.88. The number of rotatable bonds is 9. The van der Waals surface area contributed by atoms with Crippen LogP contribution in [0, 0.1) is 11.3 Å². The van der Waals surface area contributed by atoms with Gasteiger partial charge in [-0.3, -0.25) is 14.4 Å². The van der Waals surface area contributed by atoms with E-state index < -0.39 is 29.5 Å². The Hall–Kier alpha value is -1.51. The number of aliphatic hydroxyl groups excluding tert-OH is 1. The molecule has 0 aromatic rings. The minimum Gasteiger partial charge on any atom is -0.391 e. The molecule has 1 aliphatic rings. The maximum absolute atomic E-state index is 12.7. The lowest BCUT2D eigenvalue weighted by Crippen LogP contribution is -2.59. The zero-order valence-electron chi connectivity index (χ0n) is 16.3. The SMILES string of the molecule is CC(C)C(=O)[C@H](CCN)NC(=O)[C@@H](NC(=O)C1(C)CCCNC1)C(C)O. The number of hydrogen-bond donors (Lipinski definition) is 5. The number of piperidine rings is 1. The number of hydrogen-bond acceptors (Lipinski definition) is 6. The van der Waals surface area contributed by atoms with Crippen LogP contribution in [0.2, 0.25) is 0 Å². The van der Waals surface area contributed by atoms with E-state index in [4.69, 9.17) is 5.73 Å². The maximum atomic E-state index is 12.7. The molecule has 1 saturated heterocycles. The summed E-state index contributed by atoms with van der Waals surface area (Å²) in [6, 6.07) is -1.85. The molecule has 0 aliphatic carbocycles. The van der Waals surface area contributed by atoms with Crippen molar-refractivity contribution in [3.8, 4) is 0 Å². The number of Topliss-reactive ketones (excluding diaryl/α,β-unsaturated/α-hetero) is 1. The molecular weight excluding hydrogens is 336 g/mol. The number of nitrogens with two attached hydrogens (primary N) is 1. The topological polar surface area (TPSA) is 134 Å². The van der Waals surface area contributed by atoms with Crippen molar-refractivity contribution in [1.29, 1.82) is 0 Å². The summed E-state index contributed by atoms with van der Waals surface area (Å²) in [5.74, 6) is -1.23. The molecule has 0 bridgehead atoms. The molecule has 150 valence electrons. The Kier molecular flexibility index (Phi) is 8.66. The Morgan fingerprint density at radius 3 is 2.35 bits per heavy atom. The molecular formula is C18H34N4O4. The molecule has 1 fully saturated rings. The van der Waals surface area contributed by atoms with E-state index in [0.29, 0.717) is 19.4 Å². The fourth-order valence-corrected chi connectivity index (χ4v) is 3.09. The van der Waals surface area contributed by atoms with Crippen molar-refractivity contribution < 1.29 is 19.5 Å². The number of nitrogens with one attached hydrogen (secondary N) is 3. The normalized spacial score (nSPS) is 23.8. The first kappa shape index (κ1) is 22.5. The minimum atomic E-state index is -1.12. The molecule has 1 heterocycles. The van der Waals surface area contributed by atoms with E-state index in [0.717, 1.165) is 13.0 Å². The number of aliphatic hydroxyl groups is 1. The van der Waals surface area contributed by atoms with E-state index in [9.17, 15) is 19.5 Å². The lowest BCUT2D eigenvalue weighted by Gasteiger charge is -2.34. The maximum Gasteiger partial charge on any atom is 0.245 e. The second-order valence-corrected chi connectivity index (χ2v) is 7.73. The quantitative estimate of drug-likeness (QED) is 0.364. The van der Waals surface area contributed by atoms with Crippen LogP contribution in [0.3, 0.4) is 0 Å². The first-order valence-electron chi connectivity index (χ1n) is 9.36. The number of ketones is 1. The molecule has 0 aromatic carbocycles. The Bertz CT molecular complexity index is 501. The van der Waals surface area contributed by atoms with Gasteiger partial charge < -0.3 is 26.8 Å². The van der Waals surface area contributed by atoms with Crippen molar-refractivity contribution >= 4 is 17.6 Å². The predicted octanol–water partition coefficient (Wildman–Crippen LogP) is -0.700. The van der Waals surface area contributed by atoms with Crippen molar-refractivity contribution in [2.24, 2.45) is 17.1 Å². The molecule has 6 N–H and O–H groups in total. The predicted molar refractivity (Wildman–Crippen MR) is 99.3 cm³/mol. The summed E-state index contributed by atoms with van der Waals surface area (Å²) >= 11 is 0. The van der Waals surface area contributed by atoms with Gasteiger partial charge in [0.25, 0.3) is 0 Å². The summed E-state index contributed by atoms with van der Waals surface area (Å²) in [7, 11) is 0. The third kappa shape index (κ3) is 6.03. The van der Waals surface area contributed by atoms with Crippen LogP contribution in [0.25, 0.3) is 0 Å². The molecule has 0 saturated carbocycles. The molecule has 26 heavy (non-hydrogen) atoms. The fraction of sp³-hybridized carbons (Fsp3) is 0.833. The highest BCUT2D eigenvalue weighted by Gasteiger charge is 2.38. The Labute approximate surface area is 155 Å². The van der Waals surface area contributed by atoms with Crippen molar-refractivity contribution in [1.82, 2.24) is 16.0 Å². The molecule has 0 spiro atoms. The average Bonchev–Trinajstić information content (AvgIpc) is 2.58. The van der Waals surface area contributed by atoms with Crippen molar-refractivity contribution in [3.05, 3.63) is 0 Å². The van der Waals surface area contributed by atoms with Crippen LogP contribution in [-0.2, 0) is 14.4 Å². The van der Waals surface area contributed by atoms with E-state index in [1.807, 2.05) is 6.92 Å². The molecule has 0 aromatic heterocycles. The lowest BCUT2D eigenvalue weighted by molar-refractivity contribution is -0.138. The molecule has 2 amide bonds. The monoisotopic (exact) mass is 370 g/mol. The summed E-state index contributed by atoms with van der Waals surface area (Å²) in [6.45, 7) is 8.42. The molecule has 4 atom stereocenters. The summed E-state index contributed by atoms with van der Waals surface area (Å²) in [6.07, 6.45) is 0.801. The van der Waals surface area contributed by atoms with Gasteiger partial charge in [-0.05, 0) is 46.2 Å². The number of amides is 2. The van der Waals surface area contributed by atoms with E-state index in [1.54, 1.807) is 13.8 Å². The van der Waals surface area contributed by atoms with Gasteiger partial charge in [-0.2, -0.15) is 0 Å². The molecule has 1 aliphatic heterocycles. The van der Waals surface area contributed by atoms with E-state index in [1.165, 1.54) is 6.92 Å². The standard InChI is InChI=1S/C18H34N4O4/c1-11(2)15(24)13(6-8-19)21-16(25)14(12(3)23)22-17(26)18(4)7-5-9-20-10-18/h11-14,20,23H,5-10,19H2,1-4H3,(H,21,25)(H,22,26)/t12?,13-,14-,18?/m0/s1. The molecule has 8 nitrogen and oxygen atoms in total. The summed E-state index contributed by atoms with van der Waals surface area (Å²) < 4.78 is 0. The van der Waals surface area contributed by atoms with Gasteiger partial charge in [-0.25, -0.2) is 0 Å². The summed E-state index contributed by atoms with van der Waals surface area (Å²) in [5.41, 5.74) is 4.92. The van der Waals surface area contributed by atoms with Crippen LogP contribution >= 0.6 is 0 Å². The van der Waals surface area contributed by atoms with Gasteiger partial charge in [0.05, 0.1) is 17.6 Å². The first-order valence-corrected chi connectivity index (χ1v) is 9.36. The van der Waals surface area contributed by atoms with Crippen LogP contribution in [0.1, 0.15) is 47.0 Å². The smallest absolute Gasteiger partial charge is 0.245 e. The van der Waals surface area contributed by atoms with Crippen molar-refractivity contribution in [2.75, 3.05) is 19.6 Å². The summed E-state index contributed by atoms with van der Waals surface area (Å²) in [4.78, 5) is 37.5. The lowest BCUT2D eigenvalue weighted by atomic mass is 9.81. The second-order valence-electron chi connectivity index (χ2n) is 7.73.